The third kappa shape index (κ3) is 1.23. The molecule has 5 aliphatic rings. The Hall–Kier alpha value is -0.260. The van der Waals surface area contributed by atoms with Gasteiger partial charge in [-0.25, -0.2) is 0 Å². The Balaban J connectivity index is 1.45. The zero-order chi connectivity index (χ0) is 11.7. The molecule has 5 atom stereocenters. The van der Waals surface area contributed by atoms with E-state index in [1.165, 1.54) is 19.3 Å². The van der Waals surface area contributed by atoms with Crippen LogP contribution in [0.5, 0.6) is 0 Å². The molecule has 4 saturated carbocycles. The molecular weight excluding hydrogens is 216 g/mol. The molecule has 0 nitrogen and oxygen atoms in total. The summed E-state index contributed by atoms with van der Waals surface area (Å²) in [6.45, 7) is 0. The summed E-state index contributed by atoms with van der Waals surface area (Å²) >= 11 is 0. The van der Waals surface area contributed by atoms with E-state index in [1.54, 1.807) is 44.9 Å². The molecule has 0 radical (unpaired) electrons. The maximum absolute atomic E-state index is 2.04. The topological polar surface area (TPSA) is 0 Å². The van der Waals surface area contributed by atoms with Crippen molar-refractivity contribution < 1.29 is 0 Å². The van der Waals surface area contributed by atoms with Gasteiger partial charge in [-0.05, 0) is 67.6 Å². The number of allylic oxidation sites excluding steroid dienone is 2. The average molecular weight is 242 g/mol. The van der Waals surface area contributed by atoms with Crippen molar-refractivity contribution >= 4 is 0 Å². The zero-order valence-corrected chi connectivity index (χ0v) is 11.5. The molecule has 0 saturated heterocycles. The largest absolute Gasteiger partial charge is 0.0698 e. The summed E-state index contributed by atoms with van der Waals surface area (Å²) in [4.78, 5) is 0. The highest BCUT2D eigenvalue weighted by molar-refractivity contribution is 5.38. The normalized spacial score (nSPS) is 50.3. The monoisotopic (exact) mass is 242 g/mol. The number of fused-ring (bicyclic) bond motifs is 8. The van der Waals surface area contributed by atoms with Crippen LogP contribution in [-0.2, 0) is 0 Å². The highest BCUT2D eigenvalue weighted by Gasteiger charge is 2.57. The van der Waals surface area contributed by atoms with E-state index in [2.05, 4.69) is 0 Å². The van der Waals surface area contributed by atoms with Crippen molar-refractivity contribution in [2.75, 3.05) is 0 Å². The molecule has 0 aromatic rings. The van der Waals surface area contributed by atoms with Gasteiger partial charge in [0.15, 0.2) is 0 Å². The summed E-state index contributed by atoms with van der Waals surface area (Å²) in [5.74, 6) is 6.72. The molecule has 4 bridgehead atoms. The third-order valence-electron chi connectivity index (χ3n) is 7.42. The summed E-state index contributed by atoms with van der Waals surface area (Å²) in [5, 5.41) is 0. The fourth-order valence-electron chi connectivity index (χ4n) is 6.92. The second-order valence-corrected chi connectivity index (χ2v) is 7.99. The smallest absolute Gasteiger partial charge is 0.0135 e. The van der Waals surface area contributed by atoms with Gasteiger partial charge in [-0.2, -0.15) is 0 Å². The minimum atomic E-state index is 1.08. The molecular formula is C18H26. The lowest BCUT2D eigenvalue weighted by Crippen LogP contribution is -2.31. The Bertz CT molecular complexity index is 398. The van der Waals surface area contributed by atoms with Gasteiger partial charge in [0.25, 0.3) is 0 Å². The number of hydrogen-bond donors (Lipinski definition) is 0. The molecule has 0 amide bonds. The Morgan fingerprint density at radius 3 is 2.44 bits per heavy atom. The number of rotatable bonds is 1. The Morgan fingerprint density at radius 1 is 0.722 bits per heavy atom. The first-order valence-electron chi connectivity index (χ1n) is 8.63. The maximum atomic E-state index is 2.04. The minimum absolute atomic E-state index is 1.08. The predicted octanol–water partition coefficient (Wildman–Crippen LogP) is 4.95. The van der Waals surface area contributed by atoms with Crippen LogP contribution in [0.1, 0.15) is 64.2 Å². The summed E-state index contributed by atoms with van der Waals surface area (Å²) in [6, 6.07) is 0. The number of hydrogen-bond acceptors (Lipinski definition) is 0. The fourth-order valence-corrected chi connectivity index (χ4v) is 6.92. The van der Waals surface area contributed by atoms with Crippen LogP contribution in [-0.4, -0.2) is 0 Å². The molecule has 5 rings (SSSR count). The molecule has 18 heavy (non-hydrogen) atoms. The van der Waals surface area contributed by atoms with Crippen molar-refractivity contribution in [3.8, 4) is 0 Å². The first kappa shape index (κ1) is 10.5. The second kappa shape index (κ2) is 3.64. The van der Waals surface area contributed by atoms with Crippen LogP contribution in [0, 0.1) is 35.5 Å². The lowest BCUT2D eigenvalue weighted by Gasteiger charge is -2.39. The Morgan fingerprint density at radius 2 is 1.56 bits per heavy atom. The molecule has 5 aliphatic carbocycles. The second-order valence-electron chi connectivity index (χ2n) is 7.99. The van der Waals surface area contributed by atoms with Gasteiger partial charge in [0, 0.05) is 0 Å². The molecule has 0 heteroatoms. The predicted molar refractivity (Wildman–Crippen MR) is 74.1 cm³/mol. The highest BCUT2D eigenvalue weighted by Crippen LogP contribution is 2.67. The average Bonchev–Trinajstić information content (AvgIpc) is 3.17. The van der Waals surface area contributed by atoms with Crippen molar-refractivity contribution in [2.45, 2.75) is 64.2 Å². The molecule has 98 valence electrons. The van der Waals surface area contributed by atoms with Crippen LogP contribution in [0.2, 0.25) is 0 Å². The zero-order valence-electron chi connectivity index (χ0n) is 11.5. The van der Waals surface area contributed by atoms with E-state index in [9.17, 15) is 0 Å². The molecule has 0 N–H and O–H groups in total. The van der Waals surface area contributed by atoms with Crippen LogP contribution in [0.25, 0.3) is 0 Å². The van der Waals surface area contributed by atoms with Gasteiger partial charge in [-0.3, -0.25) is 0 Å². The fraction of sp³-hybridized carbons (Fsp3) is 0.889. The quantitative estimate of drug-likeness (QED) is 0.571. The summed E-state index contributed by atoms with van der Waals surface area (Å²) < 4.78 is 0. The molecule has 0 heterocycles. The molecule has 0 aromatic heterocycles. The van der Waals surface area contributed by atoms with E-state index in [0.717, 1.165) is 35.5 Å². The summed E-state index contributed by atoms with van der Waals surface area (Å²) in [5.41, 5.74) is 4.04. The van der Waals surface area contributed by atoms with Crippen LogP contribution in [0.3, 0.4) is 0 Å². The molecule has 4 fully saturated rings. The molecule has 0 aromatic carbocycles. The van der Waals surface area contributed by atoms with E-state index < -0.39 is 0 Å². The maximum Gasteiger partial charge on any atom is -0.0135 e. The van der Waals surface area contributed by atoms with Gasteiger partial charge in [-0.15, -0.1) is 0 Å². The van der Waals surface area contributed by atoms with Crippen molar-refractivity contribution in [2.24, 2.45) is 35.5 Å². The summed E-state index contributed by atoms with van der Waals surface area (Å²) in [7, 11) is 0. The Kier molecular flexibility index (Phi) is 2.13. The van der Waals surface area contributed by atoms with E-state index >= 15 is 0 Å². The SMILES string of the molecule is C1CCC(C2CC3=C4C5CCC(C5)C4C2C3)CC1. The van der Waals surface area contributed by atoms with Gasteiger partial charge in [0.1, 0.15) is 0 Å². The van der Waals surface area contributed by atoms with Crippen molar-refractivity contribution in [3.63, 3.8) is 0 Å². The lowest BCUT2D eigenvalue weighted by molar-refractivity contribution is 0.144. The van der Waals surface area contributed by atoms with E-state index in [4.69, 9.17) is 0 Å². The van der Waals surface area contributed by atoms with Crippen LogP contribution in [0.15, 0.2) is 11.1 Å². The van der Waals surface area contributed by atoms with E-state index in [0.29, 0.717) is 0 Å². The standard InChI is InChI=1S/C18H26/c1-2-4-11(5-3-1)15-9-14-10-16(15)18-13-7-6-12(8-13)17(14)18/h11-13,15-16,18H,1-10H2. The van der Waals surface area contributed by atoms with Gasteiger partial charge < -0.3 is 0 Å². The van der Waals surface area contributed by atoms with Crippen molar-refractivity contribution in [1.82, 2.24) is 0 Å². The van der Waals surface area contributed by atoms with Crippen molar-refractivity contribution in [3.05, 3.63) is 11.1 Å². The minimum Gasteiger partial charge on any atom is -0.0698 e. The van der Waals surface area contributed by atoms with Gasteiger partial charge in [0.2, 0.25) is 0 Å². The van der Waals surface area contributed by atoms with Crippen LogP contribution in [0.4, 0.5) is 0 Å². The van der Waals surface area contributed by atoms with Gasteiger partial charge in [0.05, 0.1) is 0 Å². The van der Waals surface area contributed by atoms with Crippen LogP contribution < -0.4 is 0 Å². The third-order valence-corrected chi connectivity index (χ3v) is 7.42. The van der Waals surface area contributed by atoms with E-state index in [-0.39, 0.29) is 0 Å². The molecule has 0 aliphatic heterocycles. The molecule has 0 spiro atoms. The van der Waals surface area contributed by atoms with Gasteiger partial charge >= 0.3 is 0 Å². The Labute approximate surface area is 111 Å². The lowest BCUT2D eigenvalue weighted by atomic mass is 9.66. The first-order valence-corrected chi connectivity index (χ1v) is 8.63. The van der Waals surface area contributed by atoms with Gasteiger partial charge in [-0.1, -0.05) is 43.3 Å². The first-order chi connectivity index (χ1) is 8.92. The van der Waals surface area contributed by atoms with Crippen LogP contribution >= 0.6 is 0 Å². The molecule has 5 unspecified atom stereocenters. The van der Waals surface area contributed by atoms with E-state index in [1.807, 2.05) is 11.1 Å². The summed E-state index contributed by atoms with van der Waals surface area (Å²) in [6.07, 6.45) is 15.6. The highest BCUT2D eigenvalue weighted by atomic mass is 14.6. The van der Waals surface area contributed by atoms with Crippen molar-refractivity contribution in [1.29, 1.82) is 0 Å².